The molecule has 10 heteroatoms. The Kier molecular flexibility index (Phi) is 5.95. The first-order valence-electron chi connectivity index (χ1n) is 9.38. The van der Waals surface area contributed by atoms with Crippen molar-refractivity contribution in [3.05, 3.63) is 23.5 Å². The normalized spacial score (nSPS) is 21.6. The average Bonchev–Trinajstić information content (AvgIpc) is 3.25. The molecule has 2 amide bonds. The number of amides is 2. The highest BCUT2D eigenvalue weighted by Crippen LogP contribution is 2.36. The number of nitrogens with zero attached hydrogens (tertiary/aromatic N) is 2. The summed E-state index contributed by atoms with van der Waals surface area (Å²) in [6.07, 6.45) is 3.25. The molecule has 2 heterocycles. The highest BCUT2D eigenvalue weighted by molar-refractivity contribution is 7.92. The summed E-state index contributed by atoms with van der Waals surface area (Å²) in [6.45, 7) is 1.64. The van der Waals surface area contributed by atoms with Crippen LogP contribution in [0.4, 0.5) is 4.79 Å². The van der Waals surface area contributed by atoms with Gasteiger partial charge in [0, 0.05) is 42.8 Å². The van der Waals surface area contributed by atoms with Gasteiger partial charge >= 0.3 is 6.03 Å². The van der Waals surface area contributed by atoms with Crippen molar-refractivity contribution in [3.63, 3.8) is 0 Å². The summed E-state index contributed by atoms with van der Waals surface area (Å²) in [4.78, 5) is 25.9. The smallest absolute Gasteiger partial charge is 0.328 e. The number of carbonyl (C=O) groups is 2. The van der Waals surface area contributed by atoms with Gasteiger partial charge in [-0.3, -0.25) is 14.6 Å². The molecule has 2 aliphatic rings. The zero-order valence-electron chi connectivity index (χ0n) is 16.7. The number of aromatic nitrogens is 1. The Labute approximate surface area is 174 Å². The van der Waals surface area contributed by atoms with Crippen LogP contribution >= 0.6 is 0 Å². The van der Waals surface area contributed by atoms with E-state index in [0.717, 1.165) is 12.7 Å². The molecule has 0 saturated heterocycles. The molecule has 1 saturated carbocycles. The monoisotopic (exact) mass is 433 g/mol. The summed E-state index contributed by atoms with van der Waals surface area (Å²) in [6, 6.07) is 1.42. The third-order valence-corrected chi connectivity index (χ3v) is 7.70. The molecule has 0 radical (unpaired) electrons. The van der Waals surface area contributed by atoms with Crippen molar-refractivity contribution in [2.45, 2.75) is 31.1 Å². The third kappa shape index (κ3) is 4.21. The zero-order chi connectivity index (χ0) is 22.1. The number of nitrogens with one attached hydrogen (secondary N) is 1. The SMILES string of the molecule is C[C@@](CCN1Cc2cc(C#CC#C[C@@H]3C[C@H]3CO)cn2C1=O)(C(=O)NO)S(C)(=O)=O. The summed E-state index contributed by atoms with van der Waals surface area (Å²) in [5, 5.41) is 17.9. The molecule has 3 atom stereocenters. The van der Waals surface area contributed by atoms with Crippen molar-refractivity contribution in [3.8, 4) is 23.7 Å². The second kappa shape index (κ2) is 8.15. The molecule has 160 valence electrons. The largest absolute Gasteiger partial charge is 0.396 e. The van der Waals surface area contributed by atoms with E-state index in [0.29, 0.717) is 11.3 Å². The van der Waals surface area contributed by atoms with Crippen LogP contribution in [0.5, 0.6) is 0 Å². The van der Waals surface area contributed by atoms with Gasteiger partial charge in [0.25, 0.3) is 5.91 Å². The van der Waals surface area contributed by atoms with E-state index in [1.165, 1.54) is 21.9 Å². The van der Waals surface area contributed by atoms with Gasteiger partial charge in [-0.05, 0) is 43.6 Å². The van der Waals surface area contributed by atoms with E-state index in [-0.39, 0.29) is 44.0 Å². The lowest BCUT2D eigenvalue weighted by Gasteiger charge is -2.27. The molecule has 0 spiro atoms. The van der Waals surface area contributed by atoms with Crippen LogP contribution in [0.2, 0.25) is 0 Å². The van der Waals surface area contributed by atoms with E-state index in [9.17, 15) is 18.0 Å². The Bertz CT molecular complexity index is 1100. The van der Waals surface area contributed by atoms with E-state index >= 15 is 0 Å². The molecule has 1 aliphatic heterocycles. The number of hydrogen-bond acceptors (Lipinski definition) is 6. The van der Waals surface area contributed by atoms with E-state index in [1.54, 1.807) is 12.3 Å². The van der Waals surface area contributed by atoms with Crippen LogP contribution in [0.25, 0.3) is 0 Å². The maximum Gasteiger partial charge on any atom is 0.328 e. The predicted octanol–water partition coefficient (Wildman–Crippen LogP) is -0.0461. The highest BCUT2D eigenvalue weighted by Gasteiger charge is 2.44. The first kappa shape index (κ1) is 21.9. The van der Waals surface area contributed by atoms with Crippen LogP contribution in [0, 0.1) is 35.5 Å². The molecule has 0 unspecified atom stereocenters. The number of hydrogen-bond donors (Lipinski definition) is 3. The molecule has 3 rings (SSSR count). The third-order valence-electron chi connectivity index (χ3n) is 5.67. The molecule has 3 N–H and O–H groups in total. The molecule has 30 heavy (non-hydrogen) atoms. The molecular formula is C20H23N3O6S. The fourth-order valence-electron chi connectivity index (χ4n) is 3.26. The topological polar surface area (TPSA) is 129 Å². The Morgan fingerprint density at radius 2 is 2.13 bits per heavy atom. The second-order valence-corrected chi connectivity index (χ2v) is 10.2. The number of sulfone groups is 1. The molecule has 1 aromatic heterocycles. The van der Waals surface area contributed by atoms with Gasteiger partial charge in [0.1, 0.15) is 0 Å². The number of aliphatic hydroxyl groups excluding tert-OH is 1. The fraction of sp³-hybridized carbons (Fsp3) is 0.500. The minimum absolute atomic E-state index is 0.0252. The molecule has 1 aromatic rings. The van der Waals surface area contributed by atoms with Crippen LogP contribution in [0.1, 0.15) is 31.0 Å². The van der Waals surface area contributed by atoms with Gasteiger partial charge < -0.3 is 10.0 Å². The number of hydroxylamine groups is 1. The predicted molar refractivity (Wildman–Crippen MR) is 107 cm³/mol. The molecular weight excluding hydrogens is 410 g/mol. The first-order valence-corrected chi connectivity index (χ1v) is 11.3. The second-order valence-electron chi connectivity index (χ2n) is 7.79. The minimum Gasteiger partial charge on any atom is -0.396 e. The van der Waals surface area contributed by atoms with Gasteiger partial charge in [-0.1, -0.05) is 11.8 Å². The lowest BCUT2D eigenvalue weighted by atomic mass is 10.1. The maximum atomic E-state index is 12.6. The van der Waals surface area contributed by atoms with Gasteiger partial charge in [0.15, 0.2) is 14.6 Å². The zero-order valence-corrected chi connectivity index (χ0v) is 17.5. The standard InChI is InChI=1S/C20H23N3O6S/c1-20(18(25)21-27,30(2,28)29)7-8-22-12-17-9-14(11-23(17)19(22)26)5-3-4-6-15-10-16(15)13-24/h9,11,15-16,24,27H,7-8,10,12-13H2,1-2H3,(H,21,25)/t15-,16+,20-/m1/s1. The van der Waals surface area contributed by atoms with Crippen LogP contribution in [0.15, 0.2) is 12.3 Å². The lowest BCUT2D eigenvalue weighted by Crippen LogP contribution is -2.50. The van der Waals surface area contributed by atoms with Crippen LogP contribution in [-0.4, -0.2) is 64.3 Å². The molecule has 9 nitrogen and oxygen atoms in total. The van der Waals surface area contributed by atoms with Crippen molar-refractivity contribution in [2.24, 2.45) is 11.8 Å². The van der Waals surface area contributed by atoms with Crippen molar-refractivity contribution in [1.29, 1.82) is 0 Å². The van der Waals surface area contributed by atoms with E-state index < -0.39 is 20.5 Å². The summed E-state index contributed by atoms with van der Waals surface area (Å²) >= 11 is 0. The number of carbonyl (C=O) groups excluding carboxylic acids is 2. The van der Waals surface area contributed by atoms with Gasteiger partial charge in [0.05, 0.1) is 6.54 Å². The van der Waals surface area contributed by atoms with Gasteiger partial charge in [-0.25, -0.2) is 18.7 Å². The Morgan fingerprint density at radius 3 is 2.70 bits per heavy atom. The summed E-state index contributed by atoms with van der Waals surface area (Å²) in [5.74, 6) is 10.8. The maximum absolute atomic E-state index is 12.6. The van der Waals surface area contributed by atoms with Gasteiger partial charge in [-0.2, -0.15) is 0 Å². The van der Waals surface area contributed by atoms with Crippen molar-refractivity contribution < 1.29 is 28.3 Å². The Morgan fingerprint density at radius 1 is 1.40 bits per heavy atom. The Balaban J connectivity index is 1.63. The number of rotatable bonds is 6. The van der Waals surface area contributed by atoms with E-state index in [1.807, 2.05) is 0 Å². The first-order chi connectivity index (χ1) is 14.1. The molecule has 0 aromatic carbocycles. The minimum atomic E-state index is -3.83. The van der Waals surface area contributed by atoms with Crippen LogP contribution in [-0.2, 0) is 21.2 Å². The van der Waals surface area contributed by atoms with Gasteiger partial charge in [0.2, 0.25) is 0 Å². The Hall–Kier alpha value is -2.79. The van der Waals surface area contributed by atoms with E-state index in [2.05, 4.69) is 23.7 Å². The molecule has 1 aliphatic carbocycles. The average molecular weight is 433 g/mol. The highest BCUT2D eigenvalue weighted by atomic mass is 32.2. The quantitative estimate of drug-likeness (QED) is 0.328. The summed E-state index contributed by atoms with van der Waals surface area (Å²) < 4.78 is 23.7. The molecule has 0 bridgehead atoms. The van der Waals surface area contributed by atoms with E-state index in [4.69, 9.17) is 10.3 Å². The van der Waals surface area contributed by atoms with Crippen molar-refractivity contribution in [2.75, 3.05) is 19.4 Å². The number of fused-ring (bicyclic) bond motifs is 1. The summed E-state index contributed by atoms with van der Waals surface area (Å²) in [5.41, 5.74) is 2.74. The summed E-state index contributed by atoms with van der Waals surface area (Å²) in [7, 11) is -3.83. The molecule has 1 fully saturated rings. The number of aliphatic hydroxyl groups is 1. The van der Waals surface area contributed by atoms with Crippen molar-refractivity contribution >= 4 is 21.8 Å². The fourth-order valence-corrected chi connectivity index (χ4v) is 4.10. The van der Waals surface area contributed by atoms with Crippen LogP contribution < -0.4 is 5.48 Å². The van der Waals surface area contributed by atoms with Crippen LogP contribution in [0.3, 0.4) is 0 Å². The van der Waals surface area contributed by atoms with Gasteiger partial charge in [-0.15, -0.1) is 0 Å². The lowest BCUT2D eigenvalue weighted by molar-refractivity contribution is -0.131. The van der Waals surface area contributed by atoms with Crippen molar-refractivity contribution in [1.82, 2.24) is 14.9 Å².